The number of carbonyl (C=O) groups excluding carboxylic acids is 2. The van der Waals surface area contributed by atoms with Crippen molar-refractivity contribution < 1.29 is 9.59 Å². The molecule has 0 saturated carbocycles. The molecular formula is C31H40Cl2N4O2. The molecule has 0 bridgehead atoms. The molecule has 1 atom stereocenters. The van der Waals surface area contributed by atoms with Crippen molar-refractivity contribution in [3.8, 4) is 0 Å². The van der Waals surface area contributed by atoms with Gasteiger partial charge < -0.3 is 20.0 Å². The molecule has 0 aromatic heterocycles. The lowest BCUT2D eigenvalue weighted by Gasteiger charge is -2.40. The van der Waals surface area contributed by atoms with Gasteiger partial charge in [0.05, 0.1) is 10.0 Å². The maximum Gasteiger partial charge on any atom is 0.317 e. The summed E-state index contributed by atoms with van der Waals surface area (Å²) in [7, 11) is 1.92. The summed E-state index contributed by atoms with van der Waals surface area (Å²) in [5.41, 5.74) is 4.52. The molecule has 1 N–H and O–H groups in total. The number of likely N-dealkylation sites (N-methyl/N-ethyl adjacent to an activating group) is 1. The summed E-state index contributed by atoms with van der Waals surface area (Å²) >= 11 is 12.7. The number of carbonyl (C=O) groups is 2. The Labute approximate surface area is 242 Å². The molecule has 1 unspecified atom stereocenters. The highest BCUT2D eigenvalue weighted by Gasteiger charge is 2.30. The van der Waals surface area contributed by atoms with Gasteiger partial charge in [-0.15, -0.1) is 0 Å². The van der Waals surface area contributed by atoms with Crippen molar-refractivity contribution in [1.82, 2.24) is 20.0 Å². The van der Waals surface area contributed by atoms with Crippen molar-refractivity contribution in [3.63, 3.8) is 0 Å². The van der Waals surface area contributed by atoms with Gasteiger partial charge in [-0.1, -0.05) is 41.4 Å². The molecule has 2 aliphatic heterocycles. The Morgan fingerprint density at radius 1 is 1.05 bits per heavy atom. The fourth-order valence-corrected chi connectivity index (χ4v) is 6.83. The van der Waals surface area contributed by atoms with Gasteiger partial charge in [-0.05, 0) is 92.8 Å². The van der Waals surface area contributed by atoms with Crippen molar-refractivity contribution in [1.29, 1.82) is 0 Å². The molecule has 210 valence electrons. The molecule has 1 aliphatic carbocycles. The van der Waals surface area contributed by atoms with E-state index in [1.54, 1.807) is 0 Å². The van der Waals surface area contributed by atoms with Gasteiger partial charge in [0.2, 0.25) is 0 Å². The van der Waals surface area contributed by atoms with E-state index in [4.69, 9.17) is 23.2 Å². The van der Waals surface area contributed by atoms with Crippen LogP contribution in [0.3, 0.4) is 0 Å². The first kappa shape index (κ1) is 28.3. The largest absolute Gasteiger partial charge is 0.341 e. The molecule has 8 heteroatoms. The summed E-state index contributed by atoms with van der Waals surface area (Å²) in [5, 5.41) is 4.08. The number of rotatable bonds is 8. The van der Waals surface area contributed by atoms with E-state index in [1.165, 1.54) is 17.5 Å². The molecule has 3 aliphatic rings. The van der Waals surface area contributed by atoms with Gasteiger partial charge >= 0.3 is 6.03 Å². The van der Waals surface area contributed by atoms with Crippen LogP contribution in [-0.2, 0) is 12.8 Å². The number of nitrogens with one attached hydrogen (secondary N) is 1. The van der Waals surface area contributed by atoms with Crippen molar-refractivity contribution in [3.05, 3.63) is 68.7 Å². The summed E-state index contributed by atoms with van der Waals surface area (Å²) in [6, 6.07) is 12.5. The molecule has 2 fully saturated rings. The van der Waals surface area contributed by atoms with E-state index < -0.39 is 0 Å². The van der Waals surface area contributed by atoms with Gasteiger partial charge in [0.1, 0.15) is 0 Å². The summed E-state index contributed by atoms with van der Waals surface area (Å²) in [4.78, 5) is 32.4. The minimum absolute atomic E-state index is 0.0896. The molecule has 2 aromatic carbocycles. The number of urea groups is 1. The normalized spacial score (nSPS) is 19.4. The van der Waals surface area contributed by atoms with Crippen LogP contribution in [0.1, 0.15) is 71.5 Å². The third-order valence-electron chi connectivity index (χ3n) is 8.79. The Hall–Kier alpha value is -2.28. The van der Waals surface area contributed by atoms with Crippen molar-refractivity contribution in [2.24, 2.45) is 0 Å². The highest BCUT2D eigenvalue weighted by molar-refractivity contribution is 6.42. The maximum absolute atomic E-state index is 13.7. The Bertz CT molecular complexity index is 1180. The van der Waals surface area contributed by atoms with E-state index in [1.807, 2.05) is 47.2 Å². The molecule has 6 nitrogen and oxygen atoms in total. The number of amides is 3. The minimum atomic E-state index is 0.0896. The van der Waals surface area contributed by atoms with Crippen LogP contribution in [0.4, 0.5) is 4.79 Å². The van der Waals surface area contributed by atoms with Gasteiger partial charge in [0, 0.05) is 57.3 Å². The molecule has 0 radical (unpaired) electrons. The third kappa shape index (κ3) is 6.72. The predicted octanol–water partition coefficient (Wildman–Crippen LogP) is 6.00. The first-order valence-electron chi connectivity index (χ1n) is 14.5. The van der Waals surface area contributed by atoms with Gasteiger partial charge in [0.25, 0.3) is 5.91 Å². The topological polar surface area (TPSA) is 55.9 Å². The van der Waals surface area contributed by atoms with Gasteiger partial charge in [-0.3, -0.25) is 4.79 Å². The minimum Gasteiger partial charge on any atom is -0.341 e. The number of hydrogen-bond donors (Lipinski definition) is 1. The lowest BCUT2D eigenvalue weighted by Crippen LogP contribution is -2.54. The van der Waals surface area contributed by atoms with E-state index in [9.17, 15) is 9.59 Å². The fourth-order valence-electron chi connectivity index (χ4n) is 6.52. The number of piperidine rings is 1. The number of aryl methyl sites for hydroxylation is 1. The average molecular weight is 572 g/mol. The quantitative estimate of drug-likeness (QED) is 0.423. The van der Waals surface area contributed by atoms with Gasteiger partial charge in [-0.25, -0.2) is 4.79 Å². The van der Waals surface area contributed by atoms with E-state index >= 15 is 0 Å². The summed E-state index contributed by atoms with van der Waals surface area (Å²) < 4.78 is 0. The van der Waals surface area contributed by atoms with E-state index in [-0.39, 0.29) is 17.9 Å². The van der Waals surface area contributed by atoms with Crippen molar-refractivity contribution in [2.75, 3.05) is 46.3 Å². The van der Waals surface area contributed by atoms with Crippen LogP contribution in [0.25, 0.3) is 0 Å². The summed E-state index contributed by atoms with van der Waals surface area (Å²) in [6.07, 6.45) is 8.33. The zero-order valence-electron chi connectivity index (χ0n) is 22.9. The third-order valence-corrected chi connectivity index (χ3v) is 9.53. The van der Waals surface area contributed by atoms with Gasteiger partial charge in [-0.2, -0.15) is 0 Å². The Kier molecular flexibility index (Phi) is 9.36. The first-order valence-corrected chi connectivity index (χ1v) is 15.2. The highest BCUT2D eigenvalue weighted by Crippen LogP contribution is 2.31. The second-order valence-electron chi connectivity index (χ2n) is 11.3. The second-order valence-corrected chi connectivity index (χ2v) is 12.2. The lowest BCUT2D eigenvalue weighted by atomic mass is 9.87. The molecule has 39 heavy (non-hydrogen) atoms. The monoisotopic (exact) mass is 570 g/mol. The number of benzene rings is 2. The van der Waals surface area contributed by atoms with Crippen LogP contribution < -0.4 is 5.32 Å². The van der Waals surface area contributed by atoms with E-state index in [0.29, 0.717) is 22.6 Å². The molecule has 2 heterocycles. The number of hydrogen-bond acceptors (Lipinski definition) is 3. The van der Waals surface area contributed by atoms with Crippen LogP contribution >= 0.6 is 23.2 Å². The summed E-state index contributed by atoms with van der Waals surface area (Å²) in [6.45, 7) is 5.16. The van der Waals surface area contributed by atoms with E-state index in [2.05, 4.69) is 16.3 Å². The molecule has 3 amide bonds. The van der Waals surface area contributed by atoms with Gasteiger partial charge in [0.15, 0.2) is 0 Å². The molecule has 5 rings (SSSR count). The maximum atomic E-state index is 13.7. The smallest absolute Gasteiger partial charge is 0.317 e. The van der Waals surface area contributed by atoms with Crippen LogP contribution in [0.2, 0.25) is 10.0 Å². The Balaban J connectivity index is 1.24. The molecular weight excluding hydrogens is 531 g/mol. The van der Waals surface area contributed by atoms with Crippen LogP contribution in [0, 0.1) is 0 Å². The number of likely N-dealkylation sites (tertiary alicyclic amines) is 1. The summed E-state index contributed by atoms with van der Waals surface area (Å²) in [5.74, 6) is 0.235. The number of nitrogens with zero attached hydrogens (tertiary/aromatic N) is 3. The standard InChI is InChI=1S/C31H40Cl2N4O2/c1-35(30(38)27-9-4-7-22-6-2-3-8-26(22)27)21-24(23-10-11-28(32)29(33)20-23)12-17-36-18-13-25(14-19-36)37-16-5-15-34-31(37)39/h4,7,9-11,20,24-25H,2-3,5-6,8,12-19,21H2,1H3,(H,34,39). The lowest BCUT2D eigenvalue weighted by molar-refractivity contribution is 0.0776. The first-order chi connectivity index (χ1) is 18.9. The second kappa shape index (κ2) is 12.9. The Morgan fingerprint density at radius 2 is 1.85 bits per heavy atom. The highest BCUT2D eigenvalue weighted by atomic mass is 35.5. The van der Waals surface area contributed by atoms with Crippen LogP contribution in [0.5, 0.6) is 0 Å². The molecule has 2 saturated heterocycles. The van der Waals surface area contributed by atoms with Crippen molar-refractivity contribution in [2.45, 2.75) is 63.3 Å². The number of halogens is 2. The predicted molar refractivity (Wildman–Crippen MR) is 158 cm³/mol. The number of fused-ring (bicyclic) bond motifs is 1. The SMILES string of the molecule is CN(CC(CCN1CCC(N2CCCNC2=O)CC1)c1ccc(Cl)c(Cl)c1)C(=O)c1cccc2c1CCCC2. The molecule has 2 aromatic rings. The van der Waals surface area contributed by atoms with Crippen LogP contribution in [-0.4, -0.2) is 79.0 Å². The Morgan fingerprint density at radius 3 is 2.62 bits per heavy atom. The zero-order valence-corrected chi connectivity index (χ0v) is 24.4. The van der Waals surface area contributed by atoms with Crippen LogP contribution in [0.15, 0.2) is 36.4 Å². The average Bonchev–Trinajstić information content (AvgIpc) is 2.96. The fraction of sp³-hybridized carbons (Fsp3) is 0.548. The molecule has 0 spiro atoms. The van der Waals surface area contributed by atoms with E-state index in [0.717, 1.165) is 88.8 Å². The zero-order chi connectivity index (χ0) is 27.4. The van der Waals surface area contributed by atoms with Crippen molar-refractivity contribution >= 4 is 35.1 Å².